The molecule has 0 bridgehead atoms. The molecule has 2 heterocycles. The summed E-state index contributed by atoms with van der Waals surface area (Å²) in [4.78, 5) is 21.8. The molecule has 0 saturated carbocycles. The average Bonchev–Trinajstić information content (AvgIpc) is 2.59. The number of likely N-dealkylation sites (tertiary alicyclic amines) is 1. The molecule has 0 unspecified atom stereocenters. The van der Waals surface area contributed by atoms with Crippen LogP contribution in [0.2, 0.25) is 0 Å². The number of nitrogens with zero attached hydrogens (tertiary/aromatic N) is 3. The molecule has 1 aromatic carbocycles. The van der Waals surface area contributed by atoms with Crippen molar-refractivity contribution in [1.29, 1.82) is 0 Å². The molecule has 2 aromatic rings. The number of anilines is 1. The highest BCUT2D eigenvalue weighted by atomic mass is 79.9. The minimum Gasteiger partial charge on any atom is -0.366 e. The van der Waals surface area contributed by atoms with E-state index >= 15 is 0 Å². The van der Waals surface area contributed by atoms with E-state index in [1.807, 2.05) is 0 Å². The van der Waals surface area contributed by atoms with Gasteiger partial charge in [-0.05, 0) is 30.5 Å². The van der Waals surface area contributed by atoms with E-state index in [1.165, 1.54) is 11.8 Å². The monoisotopic (exact) mass is 389 g/mol. The van der Waals surface area contributed by atoms with Crippen LogP contribution >= 0.6 is 15.9 Å². The van der Waals surface area contributed by atoms with Gasteiger partial charge in [0.1, 0.15) is 11.5 Å². The SMILES string of the molecule is NC(=O)c1cncc(NC2CCN(Cc3ccc(Br)cc3)CC2)n1. The van der Waals surface area contributed by atoms with Crippen LogP contribution in [0.15, 0.2) is 41.1 Å². The van der Waals surface area contributed by atoms with E-state index < -0.39 is 5.91 Å². The van der Waals surface area contributed by atoms with Crippen LogP contribution in [0.4, 0.5) is 5.82 Å². The van der Waals surface area contributed by atoms with Crippen LogP contribution in [0.3, 0.4) is 0 Å². The van der Waals surface area contributed by atoms with Crippen molar-refractivity contribution >= 4 is 27.7 Å². The second-order valence-electron chi connectivity index (χ2n) is 5.98. The van der Waals surface area contributed by atoms with Crippen molar-refractivity contribution in [3.63, 3.8) is 0 Å². The summed E-state index contributed by atoms with van der Waals surface area (Å²) in [5.74, 6) is 0.0492. The summed E-state index contributed by atoms with van der Waals surface area (Å²) in [5, 5.41) is 3.35. The molecule has 0 radical (unpaired) electrons. The molecule has 0 atom stereocenters. The summed E-state index contributed by atoms with van der Waals surface area (Å²) in [7, 11) is 0. The summed E-state index contributed by atoms with van der Waals surface area (Å²) < 4.78 is 1.11. The van der Waals surface area contributed by atoms with Gasteiger partial charge >= 0.3 is 0 Å². The zero-order chi connectivity index (χ0) is 16.9. The minimum absolute atomic E-state index is 0.188. The van der Waals surface area contributed by atoms with Gasteiger partial charge in [0, 0.05) is 30.1 Å². The number of nitrogens with two attached hydrogens (primary N) is 1. The van der Waals surface area contributed by atoms with Crippen molar-refractivity contribution in [1.82, 2.24) is 14.9 Å². The molecular weight excluding hydrogens is 370 g/mol. The maximum atomic E-state index is 11.2. The number of nitrogens with one attached hydrogen (secondary N) is 1. The topological polar surface area (TPSA) is 84.1 Å². The summed E-state index contributed by atoms with van der Waals surface area (Å²) in [6.07, 6.45) is 5.06. The number of carbonyl (C=O) groups is 1. The molecule has 24 heavy (non-hydrogen) atoms. The standard InChI is InChI=1S/C17H20BrN5O/c18-13-3-1-12(2-4-13)11-23-7-5-14(6-8-23)21-16-10-20-9-15(22-16)17(19)24/h1-4,9-10,14H,5-8,11H2,(H2,19,24)(H,21,22). The van der Waals surface area contributed by atoms with Crippen molar-refractivity contribution in [3.05, 3.63) is 52.4 Å². The summed E-state index contributed by atoms with van der Waals surface area (Å²) in [6, 6.07) is 8.80. The Balaban J connectivity index is 1.51. The predicted octanol–water partition coefficient (Wildman–Crippen LogP) is 2.41. The molecule has 1 aromatic heterocycles. The summed E-state index contributed by atoms with van der Waals surface area (Å²) in [6.45, 7) is 3.02. The third-order valence-corrected chi connectivity index (χ3v) is 4.67. The van der Waals surface area contributed by atoms with Crippen LogP contribution in [0, 0.1) is 0 Å². The van der Waals surface area contributed by atoms with Crippen LogP contribution in [-0.2, 0) is 6.54 Å². The van der Waals surface area contributed by atoms with Crippen LogP contribution in [-0.4, -0.2) is 39.9 Å². The molecule has 6 nitrogen and oxygen atoms in total. The molecule has 1 aliphatic heterocycles. The first-order valence-corrected chi connectivity index (χ1v) is 8.74. The van der Waals surface area contributed by atoms with Gasteiger partial charge in [0.05, 0.1) is 12.4 Å². The Morgan fingerprint density at radius 1 is 1.25 bits per heavy atom. The number of aromatic nitrogens is 2. The maximum Gasteiger partial charge on any atom is 0.268 e. The Morgan fingerprint density at radius 2 is 1.96 bits per heavy atom. The van der Waals surface area contributed by atoms with Crippen molar-refractivity contribution in [2.24, 2.45) is 5.73 Å². The normalized spacial score (nSPS) is 16.0. The molecule has 126 valence electrons. The van der Waals surface area contributed by atoms with Gasteiger partial charge in [0.2, 0.25) is 0 Å². The van der Waals surface area contributed by atoms with E-state index in [-0.39, 0.29) is 5.69 Å². The zero-order valence-electron chi connectivity index (χ0n) is 13.3. The Kier molecular flexibility index (Phi) is 5.42. The fourth-order valence-corrected chi connectivity index (χ4v) is 3.11. The van der Waals surface area contributed by atoms with E-state index in [4.69, 9.17) is 5.73 Å². The summed E-state index contributed by atoms with van der Waals surface area (Å²) in [5.41, 5.74) is 6.75. The number of amides is 1. The highest BCUT2D eigenvalue weighted by Crippen LogP contribution is 2.18. The van der Waals surface area contributed by atoms with Crippen molar-refractivity contribution in [2.75, 3.05) is 18.4 Å². The third kappa shape index (κ3) is 4.52. The Labute approximate surface area is 149 Å². The van der Waals surface area contributed by atoms with Crippen LogP contribution in [0.25, 0.3) is 0 Å². The molecule has 3 rings (SSSR count). The van der Waals surface area contributed by atoms with Crippen molar-refractivity contribution in [2.45, 2.75) is 25.4 Å². The second-order valence-corrected chi connectivity index (χ2v) is 6.89. The first kappa shape index (κ1) is 16.9. The van der Waals surface area contributed by atoms with Gasteiger partial charge in [-0.25, -0.2) is 4.98 Å². The molecule has 0 spiro atoms. The van der Waals surface area contributed by atoms with Gasteiger partial charge in [-0.3, -0.25) is 14.7 Å². The average molecular weight is 390 g/mol. The van der Waals surface area contributed by atoms with E-state index in [0.29, 0.717) is 11.9 Å². The lowest BCUT2D eigenvalue weighted by atomic mass is 10.0. The molecule has 3 N–H and O–H groups in total. The number of halogens is 1. The number of primary amides is 1. The lowest BCUT2D eigenvalue weighted by Gasteiger charge is -2.32. The van der Waals surface area contributed by atoms with Gasteiger partial charge in [-0.2, -0.15) is 0 Å². The van der Waals surface area contributed by atoms with Gasteiger partial charge in [-0.1, -0.05) is 28.1 Å². The first-order valence-electron chi connectivity index (χ1n) is 7.95. The number of piperidine rings is 1. The quantitative estimate of drug-likeness (QED) is 0.819. The number of benzene rings is 1. The van der Waals surface area contributed by atoms with E-state index in [0.717, 1.165) is 36.9 Å². The number of hydrogen-bond acceptors (Lipinski definition) is 5. The maximum absolute atomic E-state index is 11.2. The fraction of sp³-hybridized carbons (Fsp3) is 0.353. The minimum atomic E-state index is -0.560. The van der Waals surface area contributed by atoms with Gasteiger partial charge in [-0.15, -0.1) is 0 Å². The highest BCUT2D eigenvalue weighted by Gasteiger charge is 2.19. The zero-order valence-corrected chi connectivity index (χ0v) is 14.9. The molecular formula is C17H20BrN5O. The molecule has 1 aliphatic rings. The van der Waals surface area contributed by atoms with Crippen LogP contribution in [0.1, 0.15) is 28.9 Å². The molecule has 1 saturated heterocycles. The lowest BCUT2D eigenvalue weighted by Crippen LogP contribution is -2.38. The predicted molar refractivity (Wildman–Crippen MR) is 96.6 cm³/mol. The fourth-order valence-electron chi connectivity index (χ4n) is 2.85. The number of hydrogen-bond donors (Lipinski definition) is 2. The van der Waals surface area contributed by atoms with E-state index in [1.54, 1.807) is 6.20 Å². The third-order valence-electron chi connectivity index (χ3n) is 4.15. The Hall–Kier alpha value is -1.99. The van der Waals surface area contributed by atoms with Gasteiger partial charge in [0.25, 0.3) is 5.91 Å². The molecule has 0 aliphatic carbocycles. The highest BCUT2D eigenvalue weighted by molar-refractivity contribution is 9.10. The molecule has 1 amide bonds. The number of rotatable bonds is 5. The largest absolute Gasteiger partial charge is 0.366 e. The van der Waals surface area contributed by atoms with Crippen LogP contribution < -0.4 is 11.1 Å². The van der Waals surface area contributed by atoms with Gasteiger partial charge in [0.15, 0.2) is 0 Å². The Bertz CT molecular complexity index is 698. The van der Waals surface area contributed by atoms with Crippen molar-refractivity contribution in [3.8, 4) is 0 Å². The second kappa shape index (κ2) is 7.72. The Morgan fingerprint density at radius 3 is 2.62 bits per heavy atom. The molecule has 1 fully saturated rings. The lowest BCUT2D eigenvalue weighted by molar-refractivity contribution is 0.0995. The molecule has 7 heteroatoms. The first-order chi connectivity index (χ1) is 11.6. The van der Waals surface area contributed by atoms with Crippen molar-refractivity contribution < 1.29 is 4.79 Å². The van der Waals surface area contributed by atoms with Crippen LogP contribution in [0.5, 0.6) is 0 Å². The smallest absolute Gasteiger partial charge is 0.268 e. The van der Waals surface area contributed by atoms with Gasteiger partial charge < -0.3 is 11.1 Å². The summed E-state index contributed by atoms with van der Waals surface area (Å²) >= 11 is 3.46. The van der Waals surface area contributed by atoms with E-state index in [9.17, 15) is 4.79 Å². The van der Waals surface area contributed by atoms with E-state index in [2.05, 4.69) is 60.4 Å². The number of carbonyl (C=O) groups excluding carboxylic acids is 1.